The van der Waals surface area contributed by atoms with Crippen molar-refractivity contribution in [3.8, 4) is 10.7 Å². The first-order valence-corrected chi connectivity index (χ1v) is 10.9. The van der Waals surface area contributed by atoms with E-state index in [-0.39, 0.29) is 11.9 Å². The lowest BCUT2D eigenvalue weighted by Crippen LogP contribution is -2.44. The zero-order valence-electron chi connectivity index (χ0n) is 13.9. The van der Waals surface area contributed by atoms with Gasteiger partial charge in [-0.15, -0.1) is 11.3 Å². The molecule has 1 aliphatic heterocycles. The number of thiophene rings is 2. The van der Waals surface area contributed by atoms with E-state index in [1.54, 1.807) is 11.3 Å². The van der Waals surface area contributed by atoms with Gasteiger partial charge in [0.2, 0.25) is 11.7 Å². The SMILES string of the molecule is O=C(NC1CCN(Cc2nc(-c3cc(Br)cs3)no2)CC1)c1ccsc1. The molecule has 0 aliphatic carbocycles. The van der Waals surface area contributed by atoms with Gasteiger partial charge < -0.3 is 9.84 Å². The van der Waals surface area contributed by atoms with Crippen molar-refractivity contribution in [1.82, 2.24) is 20.4 Å². The van der Waals surface area contributed by atoms with Gasteiger partial charge in [0, 0.05) is 39.9 Å². The van der Waals surface area contributed by atoms with Gasteiger partial charge >= 0.3 is 0 Å². The highest BCUT2D eigenvalue weighted by molar-refractivity contribution is 9.10. The lowest BCUT2D eigenvalue weighted by Gasteiger charge is -2.31. The van der Waals surface area contributed by atoms with Crippen LogP contribution in [0.2, 0.25) is 0 Å². The van der Waals surface area contributed by atoms with Crippen molar-refractivity contribution in [2.45, 2.75) is 25.4 Å². The molecule has 3 aromatic heterocycles. The topological polar surface area (TPSA) is 71.3 Å². The van der Waals surface area contributed by atoms with Crippen LogP contribution in [0.15, 0.2) is 37.3 Å². The fourth-order valence-corrected chi connectivity index (χ4v) is 4.93. The molecule has 6 nitrogen and oxygen atoms in total. The Morgan fingerprint density at radius 1 is 1.38 bits per heavy atom. The molecule has 4 heterocycles. The van der Waals surface area contributed by atoms with Crippen LogP contribution >= 0.6 is 38.6 Å². The lowest BCUT2D eigenvalue weighted by atomic mass is 10.0. The Bertz CT molecular complexity index is 869. The van der Waals surface area contributed by atoms with E-state index in [9.17, 15) is 4.79 Å². The van der Waals surface area contributed by atoms with Crippen LogP contribution in [0.1, 0.15) is 29.1 Å². The Kier molecular flexibility index (Phi) is 5.49. The van der Waals surface area contributed by atoms with E-state index < -0.39 is 0 Å². The lowest BCUT2D eigenvalue weighted by molar-refractivity contribution is 0.0905. The van der Waals surface area contributed by atoms with E-state index in [0.29, 0.717) is 18.3 Å². The summed E-state index contributed by atoms with van der Waals surface area (Å²) in [4.78, 5) is 19.9. The predicted molar refractivity (Wildman–Crippen MR) is 105 cm³/mol. The zero-order valence-corrected chi connectivity index (χ0v) is 17.1. The zero-order chi connectivity index (χ0) is 17.9. The number of nitrogens with zero attached hydrogens (tertiary/aromatic N) is 3. The van der Waals surface area contributed by atoms with Crippen LogP contribution in [0.4, 0.5) is 0 Å². The highest BCUT2D eigenvalue weighted by atomic mass is 79.9. The van der Waals surface area contributed by atoms with Crippen LogP contribution in [0.5, 0.6) is 0 Å². The molecular formula is C17H17BrN4O2S2. The second-order valence-electron chi connectivity index (χ2n) is 6.18. The summed E-state index contributed by atoms with van der Waals surface area (Å²) in [6.45, 7) is 2.44. The first kappa shape index (κ1) is 17.8. The monoisotopic (exact) mass is 452 g/mol. The molecule has 4 rings (SSSR count). The van der Waals surface area contributed by atoms with Gasteiger partial charge in [0.25, 0.3) is 5.91 Å². The molecule has 1 N–H and O–H groups in total. The molecule has 0 aromatic carbocycles. The molecule has 1 aliphatic rings. The quantitative estimate of drug-likeness (QED) is 0.632. The van der Waals surface area contributed by atoms with Gasteiger partial charge in [0.1, 0.15) is 0 Å². The Hall–Kier alpha value is -1.55. The van der Waals surface area contributed by atoms with Crippen molar-refractivity contribution in [2.75, 3.05) is 13.1 Å². The molecule has 0 atom stereocenters. The standard InChI is InChI=1S/C17H17BrN4O2S2/c18-12-7-14(26-10-12)16-20-15(24-21-16)8-22-4-1-13(2-5-22)19-17(23)11-3-6-25-9-11/h3,6-7,9-10,13H,1-2,4-5,8H2,(H,19,23). The third-order valence-corrected chi connectivity index (χ3v) is 6.69. The number of hydrogen-bond acceptors (Lipinski definition) is 7. The van der Waals surface area contributed by atoms with E-state index in [1.807, 2.05) is 28.3 Å². The van der Waals surface area contributed by atoms with Crippen LogP contribution in [0.3, 0.4) is 0 Å². The van der Waals surface area contributed by atoms with Crippen molar-refractivity contribution in [2.24, 2.45) is 0 Å². The average Bonchev–Trinajstić information content (AvgIpc) is 3.38. The summed E-state index contributed by atoms with van der Waals surface area (Å²) in [5.41, 5.74) is 0.746. The molecule has 136 valence electrons. The molecule has 0 spiro atoms. The molecule has 0 saturated carbocycles. The summed E-state index contributed by atoms with van der Waals surface area (Å²) in [5.74, 6) is 1.28. The van der Waals surface area contributed by atoms with Crippen molar-refractivity contribution in [3.63, 3.8) is 0 Å². The highest BCUT2D eigenvalue weighted by Gasteiger charge is 2.23. The number of halogens is 1. The van der Waals surface area contributed by atoms with Crippen molar-refractivity contribution >= 4 is 44.5 Å². The fraction of sp³-hybridized carbons (Fsp3) is 0.353. The van der Waals surface area contributed by atoms with E-state index in [1.165, 1.54) is 11.3 Å². The maximum absolute atomic E-state index is 12.1. The average molecular weight is 453 g/mol. The summed E-state index contributed by atoms with van der Waals surface area (Å²) in [7, 11) is 0. The molecule has 0 bridgehead atoms. The summed E-state index contributed by atoms with van der Waals surface area (Å²) >= 11 is 6.56. The predicted octanol–water partition coefficient (Wildman–Crippen LogP) is 4.02. The Labute approximate surface area is 167 Å². The largest absolute Gasteiger partial charge is 0.349 e. The minimum Gasteiger partial charge on any atom is -0.349 e. The number of rotatable bonds is 5. The number of hydrogen-bond donors (Lipinski definition) is 1. The second-order valence-corrected chi connectivity index (χ2v) is 8.78. The van der Waals surface area contributed by atoms with E-state index >= 15 is 0 Å². The van der Waals surface area contributed by atoms with Gasteiger partial charge in [-0.05, 0) is 46.3 Å². The van der Waals surface area contributed by atoms with E-state index in [0.717, 1.165) is 40.8 Å². The maximum atomic E-state index is 12.1. The molecule has 9 heteroatoms. The van der Waals surface area contributed by atoms with Gasteiger partial charge in [-0.2, -0.15) is 16.3 Å². The van der Waals surface area contributed by atoms with E-state index in [2.05, 4.69) is 36.3 Å². The summed E-state index contributed by atoms with van der Waals surface area (Å²) in [6, 6.07) is 4.07. The minimum absolute atomic E-state index is 0.0216. The molecular weight excluding hydrogens is 436 g/mol. The number of amides is 1. The highest BCUT2D eigenvalue weighted by Crippen LogP contribution is 2.28. The molecule has 1 saturated heterocycles. The van der Waals surface area contributed by atoms with Crippen LogP contribution in [0.25, 0.3) is 10.7 Å². The third-order valence-electron chi connectivity index (χ3n) is 4.32. The Morgan fingerprint density at radius 3 is 2.92 bits per heavy atom. The Balaban J connectivity index is 1.27. The van der Waals surface area contributed by atoms with Crippen molar-refractivity contribution in [3.05, 3.63) is 44.2 Å². The van der Waals surface area contributed by atoms with Crippen LogP contribution in [-0.4, -0.2) is 40.1 Å². The molecule has 1 amide bonds. The Morgan fingerprint density at radius 2 is 2.23 bits per heavy atom. The van der Waals surface area contributed by atoms with Crippen LogP contribution in [0, 0.1) is 0 Å². The third kappa shape index (κ3) is 4.22. The smallest absolute Gasteiger partial charge is 0.252 e. The molecule has 1 fully saturated rings. The van der Waals surface area contributed by atoms with Gasteiger partial charge in [-0.25, -0.2) is 0 Å². The van der Waals surface area contributed by atoms with Crippen molar-refractivity contribution in [1.29, 1.82) is 0 Å². The minimum atomic E-state index is 0.0216. The molecule has 3 aromatic rings. The van der Waals surface area contributed by atoms with Gasteiger partial charge in [0.15, 0.2) is 0 Å². The number of aromatic nitrogens is 2. The molecule has 0 unspecified atom stereocenters. The van der Waals surface area contributed by atoms with Gasteiger partial charge in [-0.3, -0.25) is 9.69 Å². The second kappa shape index (κ2) is 7.99. The number of carbonyl (C=O) groups is 1. The van der Waals surface area contributed by atoms with Gasteiger partial charge in [0.05, 0.1) is 11.4 Å². The van der Waals surface area contributed by atoms with Crippen LogP contribution in [-0.2, 0) is 6.54 Å². The fourth-order valence-electron chi connectivity index (χ4n) is 2.94. The van der Waals surface area contributed by atoms with E-state index in [4.69, 9.17) is 4.52 Å². The summed E-state index contributed by atoms with van der Waals surface area (Å²) in [5, 5.41) is 13.0. The summed E-state index contributed by atoms with van der Waals surface area (Å²) < 4.78 is 6.41. The number of piperidine rings is 1. The molecule has 0 radical (unpaired) electrons. The number of likely N-dealkylation sites (tertiary alicyclic amines) is 1. The number of carbonyl (C=O) groups excluding carboxylic acids is 1. The van der Waals surface area contributed by atoms with Gasteiger partial charge in [-0.1, -0.05) is 5.16 Å². The normalized spacial score (nSPS) is 16.0. The first-order valence-electron chi connectivity index (χ1n) is 8.30. The van der Waals surface area contributed by atoms with Crippen molar-refractivity contribution < 1.29 is 9.32 Å². The number of nitrogens with one attached hydrogen (secondary N) is 1. The maximum Gasteiger partial charge on any atom is 0.252 e. The van der Waals surface area contributed by atoms with Crippen LogP contribution < -0.4 is 5.32 Å². The first-order chi connectivity index (χ1) is 12.7. The summed E-state index contributed by atoms with van der Waals surface area (Å²) in [6.07, 6.45) is 1.85. The molecule has 26 heavy (non-hydrogen) atoms.